The minimum Gasteiger partial charge on any atom is -0.508 e. The van der Waals surface area contributed by atoms with Crippen LogP contribution in [-0.4, -0.2) is 75.5 Å². The number of alkyl halides is 1. The molecule has 0 aliphatic carbocycles. The minimum atomic E-state index is -2.12. The average Bonchev–Trinajstić information content (AvgIpc) is 3.48. The van der Waals surface area contributed by atoms with Gasteiger partial charge in [0, 0.05) is 33.2 Å². The summed E-state index contributed by atoms with van der Waals surface area (Å²) >= 11 is 0. The second kappa shape index (κ2) is 10.1. The van der Waals surface area contributed by atoms with Crippen LogP contribution >= 0.6 is 0 Å². The standard InChI is InChI=1S/C33H30F3N5O3/c1-2-22-24(35)8-7-18-12-21(42)13-23(25(18)22)28-27(36)29-26-30(41-11-4-3-6-20(41)16-43-31(26)37-28)39-32(38-29)44-17-33-9-5-10-40(33)15-19(34)14-33/h1,7-8,12-13,19-20,42H,3-6,9-11,14-17H2/t19-,20+,33+/m1/s1/i15D2. The van der Waals surface area contributed by atoms with Crippen LogP contribution in [0.15, 0.2) is 24.3 Å². The third-order valence-electron chi connectivity index (χ3n) is 9.40. The lowest BCUT2D eigenvalue weighted by atomic mass is 9.95. The zero-order chi connectivity index (χ0) is 32.0. The fourth-order valence-electron chi connectivity index (χ4n) is 7.35. The van der Waals surface area contributed by atoms with Crippen LogP contribution in [0.5, 0.6) is 17.6 Å². The number of phenolic OH excluding ortho intramolecular Hbond substituents is 1. The van der Waals surface area contributed by atoms with Gasteiger partial charge in [-0.25, -0.2) is 18.2 Å². The number of phenols is 1. The maximum Gasteiger partial charge on any atom is 0.319 e. The molecular weight excluding hydrogens is 571 g/mol. The molecule has 226 valence electrons. The van der Waals surface area contributed by atoms with E-state index in [2.05, 4.69) is 20.8 Å². The van der Waals surface area contributed by atoms with Crippen molar-refractivity contribution in [2.75, 3.05) is 37.7 Å². The summed E-state index contributed by atoms with van der Waals surface area (Å²) < 4.78 is 75.6. The van der Waals surface area contributed by atoms with Crippen LogP contribution in [-0.2, 0) is 0 Å². The second-order valence-electron chi connectivity index (χ2n) is 12.0. The molecule has 3 saturated heterocycles. The maximum absolute atomic E-state index is 16.9. The summed E-state index contributed by atoms with van der Waals surface area (Å²) in [7, 11) is 0. The molecule has 8 nitrogen and oxygen atoms in total. The van der Waals surface area contributed by atoms with Crippen molar-refractivity contribution < 1.29 is 30.5 Å². The Balaban J connectivity index is 1.32. The van der Waals surface area contributed by atoms with Crippen molar-refractivity contribution in [3.63, 3.8) is 0 Å². The molecule has 0 amide bonds. The van der Waals surface area contributed by atoms with E-state index in [4.69, 9.17) is 23.6 Å². The van der Waals surface area contributed by atoms with Gasteiger partial charge in [0.05, 0.1) is 17.1 Å². The van der Waals surface area contributed by atoms with E-state index in [-0.39, 0.29) is 76.4 Å². The Morgan fingerprint density at radius 2 is 2.05 bits per heavy atom. The van der Waals surface area contributed by atoms with E-state index >= 15 is 4.39 Å². The highest BCUT2D eigenvalue weighted by molar-refractivity contribution is 6.04. The van der Waals surface area contributed by atoms with Crippen molar-refractivity contribution in [2.45, 2.75) is 56.3 Å². The molecule has 2 aromatic heterocycles. The SMILES string of the molecule is [2H]C1([2H])[C@H](F)C[C@]2(COc3nc4c5c(nc(-c6cc(O)cc7ccc(F)c(C#C)c67)c(F)c5n3)OC[C@@H]3CCCCN43)CCCN12. The highest BCUT2D eigenvalue weighted by Gasteiger charge is 2.49. The monoisotopic (exact) mass is 603 g/mol. The van der Waals surface area contributed by atoms with Gasteiger partial charge in [-0.1, -0.05) is 12.0 Å². The van der Waals surface area contributed by atoms with Gasteiger partial charge in [-0.2, -0.15) is 9.97 Å². The van der Waals surface area contributed by atoms with E-state index in [1.54, 1.807) is 0 Å². The van der Waals surface area contributed by atoms with E-state index in [9.17, 15) is 13.9 Å². The Morgan fingerprint density at radius 1 is 1.16 bits per heavy atom. The number of terminal acetylenes is 1. The zero-order valence-electron chi connectivity index (χ0n) is 25.7. The smallest absolute Gasteiger partial charge is 0.319 e. The maximum atomic E-state index is 16.9. The van der Waals surface area contributed by atoms with Crippen LogP contribution in [0.25, 0.3) is 32.9 Å². The first-order chi connectivity index (χ1) is 22.1. The van der Waals surface area contributed by atoms with Gasteiger partial charge in [0.2, 0.25) is 5.88 Å². The largest absolute Gasteiger partial charge is 0.508 e. The predicted molar refractivity (Wildman–Crippen MR) is 159 cm³/mol. The van der Waals surface area contributed by atoms with Crippen LogP contribution in [0.1, 0.15) is 46.8 Å². The Morgan fingerprint density at radius 3 is 2.91 bits per heavy atom. The molecule has 11 heteroatoms. The molecule has 0 spiro atoms. The fraction of sp³-hybridized carbons (Fsp3) is 0.424. The van der Waals surface area contributed by atoms with Gasteiger partial charge >= 0.3 is 6.01 Å². The van der Waals surface area contributed by atoms with Crippen LogP contribution in [0, 0.1) is 24.0 Å². The molecular formula is C33H30F3N5O3. The molecule has 2 aromatic carbocycles. The molecule has 3 atom stereocenters. The van der Waals surface area contributed by atoms with Crippen molar-refractivity contribution in [3.8, 4) is 41.2 Å². The molecule has 4 aromatic rings. The number of pyridine rings is 1. The first-order valence-electron chi connectivity index (χ1n) is 15.9. The third kappa shape index (κ3) is 4.14. The van der Waals surface area contributed by atoms with E-state index in [0.717, 1.165) is 19.3 Å². The summed E-state index contributed by atoms with van der Waals surface area (Å²) in [6.45, 7) is -0.888. The van der Waals surface area contributed by atoms with Gasteiger partial charge in [-0.05, 0) is 62.2 Å². The number of hydrogen-bond donors (Lipinski definition) is 1. The van der Waals surface area contributed by atoms with Gasteiger partial charge in [-0.15, -0.1) is 6.42 Å². The predicted octanol–water partition coefficient (Wildman–Crippen LogP) is 5.52. The zero-order valence-corrected chi connectivity index (χ0v) is 23.7. The van der Waals surface area contributed by atoms with Gasteiger partial charge < -0.3 is 19.5 Å². The van der Waals surface area contributed by atoms with Crippen LogP contribution in [0.2, 0.25) is 0 Å². The number of rotatable bonds is 4. The second-order valence-corrected chi connectivity index (χ2v) is 12.0. The normalized spacial score (nSPS) is 26.4. The molecule has 3 fully saturated rings. The molecule has 8 rings (SSSR count). The van der Waals surface area contributed by atoms with Crippen molar-refractivity contribution in [1.82, 2.24) is 19.9 Å². The van der Waals surface area contributed by atoms with Crippen molar-refractivity contribution in [3.05, 3.63) is 41.5 Å². The topological polar surface area (TPSA) is 83.8 Å². The lowest BCUT2D eigenvalue weighted by Crippen LogP contribution is -2.44. The number of benzene rings is 2. The van der Waals surface area contributed by atoms with Crippen molar-refractivity contribution in [1.29, 1.82) is 0 Å². The first kappa shape index (κ1) is 25.1. The minimum absolute atomic E-state index is 0.0340. The first-order valence-corrected chi connectivity index (χ1v) is 14.9. The number of aromatic hydroxyl groups is 1. The van der Waals surface area contributed by atoms with Gasteiger partial charge in [0.25, 0.3) is 0 Å². The molecule has 44 heavy (non-hydrogen) atoms. The number of nitrogens with zero attached hydrogens (tertiary/aromatic N) is 5. The van der Waals surface area contributed by atoms with E-state index in [0.29, 0.717) is 37.1 Å². The summed E-state index contributed by atoms with van der Waals surface area (Å²) in [6.07, 6.45) is 7.90. The molecule has 0 radical (unpaired) electrons. The number of halogens is 3. The summed E-state index contributed by atoms with van der Waals surface area (Å²) in [4.78, 5) is 17.4. The Labute approximate surface area is 254 Å². The highest BCUT2D eigenvalue weighted by atomic mass is 19.1. The summed E-state index contributed by atoms with van der Waals surface area (Å²) in [6, 6.07) is 5.11. The molecule has 0 unspecified atom stereocenters. The molecule has 4 aliphatic rings. The Hall–Kier alpha value is -4.30. The van der Waals surface area contributed by atoms with Crippen molar-refractivity contribution in [2.24, 2.45) is 0 Å². The number of aromatic nitrogens is 3. The Kier molecular flexibility index (Phi) is 5.77. The van der Waals surface area contributed by atoms with Crippen LogP contribution in [0.4, 0.5) is 19.0 Å². The molecule has 0 bridgehead atoms. The average molecular weight is 604 g/mol. The Bertz CT molecular complexity index is 1970. The van der Waals surface area contributed by atoms with Crippen LogP contribution in [0.3, 0.4) is 0 Å². The lowest BCUT2D eigenvalue weighted by molar-refractivity contribution is 0.107. The fourth-order valence-corrected chi connectivity index (χ4v) is 7.35. The quantitative estimate of drug-likeness (QED) is 0.306. The summed E-state index contributed by atoms with van der Waals surface area (Å²) in [5.41, 5.74) is -1.31. The number of anilines is 1. The van der Waals surface area contributed by atoms with E-state index in [1.165, 1.54) is 29.2 Å². The van der Waals surface area contributed by atoms with E-state index in [1.807, 2.05) is 0 Å². The third-order valence-corrected chi connectivity index (χ3v) is 9.40. The molecule has 1 N–H and O–H groups in total. The van der Waals surface area contributed by atoms with Crippen LogP contribution < -0.4 is 14.4 Å². The molecule has 4 aliphatic heterocycles. The van der Waals surface area contributed by atoms with Gasteiger partial charge in [0.15, 0.2) is 5.82 Å². The molecule has 0 saturated carbocycles. The molecule has 6 heterocycles. The lowest BCUT2D eigenvalue weighted by Gasteiger charge is -2.35. The van der Waals surface area contributed by atoms with Crippen molar-refractivity contribution >= 4 is 27.5 Å². The highest BCUT2D eigenvalue weighted by Crippen LogP contribution is 2.45. The van der Waals surface area contributed by atoms with Gasteiger partial charge in [0.1, 0.15) is 53.4 Å². The number of ether oxygens (including phenoxy) is 2. The number of piperidine rings is 1. The van der Waals surface area contributed by atoms with Gasteiger partial charge in [-0.3, -0.25) is 4.90 Å². The summed E-state index contributed by atoms with van der Waals surface area (Å²) in [5, 5.41) is 11.4. The number of hydrogen-bond acceptors (Lipinski definition) is 8. The number of fused-ring (bicyclic) bond motifs is 4. The summed E-state index contributed by atoms with van der Waals surface area (Å²) in [5.74, 6) is 1.09. The van der Waals surface area contributed by atoms with E-state index < -0.39 is 29.8 Å².